The molecule has 0 radical (unpaired) electrons. The number of carbonyl (C=O) groups is 11. The van der Waals surface area contributed by atoms with E-state index in [0.717, 1.165) is 9.80 Å². The van der Waals surface area contributed by atoms with E-state index in [9.17, 15) is 38.7 Å². The SMILES string of the molecule is CCC1NC(=O)C(C(O)C(C)Cc2nc3ccc(-c4nn[nH]n4)cc3[nH]2)N(C)C(=O)C(C(C)C)N(C)C(=O)C(CC(C)C)N(C)C(=O)C(CC(C)C)N(C)C(=O)C(C)NC(=O)C(C)NC(=O)C(CC(C)C)N(C)C(=O)C(C(C)C)NC(=O)C(CC(C)C)N(C)C(=O)CN(C)C1=O. The maximum atomic E-state index is 15.5. The molecule has 4 rings (SSSR count). The van der Waals surface area contributed by atoms with Crippen molar-refractivity contribution in [1.82, 2.24) is 86.2 Å². The fraction of sp³-hybridized carbons (Fsp3) is 0.716. The summed E-state index contributed by atoms with van der Waals surface area (Å²) in [5.41, 5.74) is 1.83. The van der Waals surface area contributed by atoms with E-state index in [1.54, 1.807) is 59.7 Å². The molecule has 1 saturated heterocycles. The largest absolute Gasteiger partial charge is 0.390 e. The van der Waals surface area contributed by atoms with Crippen molar-refractivity contribution in [2.75, 3.05) is 55.9 Å². The highest BCUT2D eigenvalue weighted by atomic mass is 16.3. The molecule has 1 fully saturated rings. The first-order chi connectivity index (χ1) is 44.7. The van der Waals surface area contributed by atoms with Gasteiger partial charge in [0, 0.05) is 61.3 Å². The second kappa shape index (κ2) is 35.2. The molecule has 1 aliphatic heterocycles. The van der Waals surface area contributed by atoms with Gasteiger partial charge in [0.15, 0.2) is 0 Å². The van der Waals surface area contributed by atoms with E-state index in [0.29, 0.717) is 28.2 Å². The molecule has 1 aliphatic rings. The van der Waals surface area contributed by atoms with Crippen molar-refractivity contribution in [3.63, 3.8) is 0 Å². The van der Waals surface area contributed by atoms with Gasteiger partial charge in [-0.05, 0) is 111 Å². The van der Waals surface area contributed by atoms with E-state index in [2.05, 4.69) is 46.9 Å². The fourth-order valence-corrected chi connectivity index (χ4v) is 12.2. The van der Waals surface area contributed by atoms with Crippen LogP contribution in [0.4, 0.5) is 0 Å². The van der Waals surface area contributed by atoms with Crippen LogP contribution in [0.5, 0.6) is 0 Å². The third-order valence-electron chi connectivity index (χ3n) is 18.0. The lowest BCUT2D eigenvalue weighted by molar-refractivity contribution is -0.157. The van der Waals surface area contributed by atoms with Gasteiger partial charge in [0.05, 0.1) is 23.7 Å². The molecule has 29 heteroatoms. The van der Waals surface area contributed by atoms with E-state index in [4.69, 9.17) is 4.98 Å². The van der Waals surface area contributed by atoms with Crippen LogP contribution < -0.4 is 21.3 Å². The van der Waals surface area contributed by atoms with Gasteiger partial charge in [0.25, 0.3) is 0 Å². The summed E-state index contributed by atoms with van der Waals surface area (Å²) in [4.78, 5) is 179. The quantitative estimate of drug-likeness (QED) is 0.108. The van der Waals surface area contributed by atoms with E-state index in [1.165, 1.54) is 87.7 Å². The standard InChI is InChI=1S/C67H111N17O12/c1-24-44-63(92)78(17)33-52(85)79(18)47(27-34(2)3)60(89)73-53(38(10)11)66(95)80(19)48(28-35(4)5)59(88)68-41(15)58(87)69-42(16)62(91)81(20)49(29-36(6)7)64(93)82(21)50(30-37(8)9)65(94)83(22)54(39(12)13)67(96)84(23)55(61(90)72-44)56(86)40(14)31-51-70-45-26-25-43(32-46(45)71-51)57-74-76-77-75-57/h25-26,32,34-42,44,47-50,53-56,86H,24,27-31,33H2,1-23H3,(H,68,88)(H,69,87)(H,70,71)(H,72,90)(H,73,89)(H,74,75,76,77). The average molecular weight is 1350 g/mol. The zero-order valence-corrected chi connectivity index (χ0v) is 60.9. The highest BCUT2D eigenvalue weighted by Crippen LogP contribution is 2.27. The molecule has 1 aromatic carbocycles. The third-order valence-corrected chi connectivity index (χ3v) is 18.0. The predicted molar refractivity (Wildman–Crippen MR) is 362 cm³/mol. The van der Waals surface area contributed by atoms with Gasteiger partial charge in [0.1, 0.15) is 66.2 Å². The van der Waals surface area contributed by atoms with E-state index < -0.39 is 156 Å². The maximum absolute atomic E-state index is 15.5. The number of hydrogen-bond donors (Lipinski definition) is 7. The molecular weight excluding hydrogens is 1230 g/mol. The minimum Gasteiger partial charge on any atom is -0.390 e. The molecule has 0 aliphatic carbocycles. The van der Waals surface area contributed by atoms with Gasteiger partial charge >= 0.3 is 0 Å². The van der Waals surface area contributed by atoms with Crippen molar-refractivity contribution in [3.05, 3.63) is 24.0 Å². The van der Waals surface area contributed by atoms with E-state index >= 15 is 19.2 Å². The monoisotopic (exact) mass is 1350 g/mol. The summed E-state index contributed by atoms with van der Waals surface area (Å²) in [6.07, 6.45) is -1.13. The number of nitrogens with zero attached hydrogens (tertiary/aromatic N) is 11. The van der Waals surface area contributed by atoms with Gasteiger partial charge in [-0.25, -0.2) is 4.98 Å². The lowest BCUT2D eigenvalue weighted by Crippen LogP contribution is -2.63. The summed E-state index contributed by atoms with van der Waals surface area (Å²) < 4.78 is 0. The van der Waals surface area contributed by atoms with Crippen molar-refractivity contribution in [1.29, 1.82) is 0 Å². The number of imidazole rings is 1. The zero-order valence-electron chi connectivity index (χ0n) is 60.9. The molecule has 3 heterocycles. The molecule has 96 heavy (non-hydrogen) atoms. The predicted octanol–water partition coefficient (Wildman–Crippen LogP) is 2.60. The van der Waals surface area contributed by atoms with Crippen LogP contribution >= 0.6 is 0 Å². The second-order valence-corrected chi connectivity index (χ2v) is 28.6. The van der Waals surface area contributed by atoms with Crippen molar-refractivity contribution < 1.29 is 57.8 Å². The van der Waals surface area contributed by atoms with Gasteiger partial charge in [-0.15, -0.1) is 10.2 Å². The number of aromatic amines is 2. The van der Waals surface area contributed by atoms with Crippen LogP contribution in [0.15, 0.2) is 18.2 Å². The van der Waals surface area contributed by atoms with Crippen molar-refractivity contribution >= 4 is 76.0 Å². The smallest absolute Gasteiger partial charge is 0.246 e. The van der Waals surface area contributed by atoms with Gasteiger partial charge in [-0.1, -0.05) is 96.9 Å². The lowest BCUT2D eigenvalue weighted by atomic mass is 9.91. The average Bonchev–Trinajstić information content (AvgIpc) is 1.54. The summed E-state index contributed by atoms with van der Waals surface area (Å²) in [6, 6.07) is -7.48. The number of rotatable bonds is 16. The topological polar surface area (TPSA) is 362 Å². The molecule has 2 aromatic heterocycles. The number of nitrogens with one attached hydrogen (secondary N) is 6. The number of aliphatic hydroxyl groups is 1. The lowest BCUT2D eigenvalue weighted by Gasteiger charge is -2.41. The van der Waals surface area contributed by atoms with Crippen molar-refractivity contribution in [2.24, 2.45) is 41.4 Å². The van der Waals surface area contributed by atoms with Crippen LogP contribution in [0.1, 0.15) is 149 Å². The molecule has 7 N–H and O–H groups in total. The van der Waals surface area contributed by atoms with Crippen LogP contribution in [-0.2, 0) is 59.2 Å². The Morgan fingerprint density at radius 2 is 1.01 bits per heavy atom. The minimum atomic E-state index is -1.74. The Morgan fingerprint density at radius 3 is 1.52 bits per heavy atom. The van der Waals surface area contributed by atoms with Crippen LogP contribution in [0.2, 0.25) is 0 Å². The minimum absolute atomic E-state index is 0.0265. The molecule has 3 aromatic rings. The molecular formula is C67H111N17O12. The Labute approximate surface area is 566 Å². The number of hydrogen-bond acceptors (Lipinski definition) is 16. The summed E-state index contributed by atoms with van der Waals surface area (Å²) in [7, 11) is 9.84. The Bertz CT molecular complexity index is 3190. The van der Waals surface area contributed by atoms with Crippen LogP contribution in [-0.4, -0.2) is 257 Å². The molecule has 0 saturated carbocycles. The van der Waals surface area contributed by atoms with Crippen molar-refractivity contribution in [2.45, 2.75) is 216 Å². The second-order valence-electron chi connectivity index (χ2n) is 28.6. The first-order valence-electron chi connectivity index (χ1n) is 33.6. The zero-order chi connectivity index (χ0) is 72.8. The third kappa shape index (κ3) is 20.5. The summed E-state index contributed by atoms with van der Waals surface area (Å²) in [5.74, 6) is -9.66. The van der Waals surface area contributed by atoms with Gasteiger partial charge in [0.2, 0.25) is 70.8 Å². The highest BCUT2D eigenvalue weighted by Gasteiger charge is 2.46. The maximum Gasteiger partial charge on any atom is 0.246 e. The number of aromatic nitrogens is 6. The molecule has 0 bridgehead atoms. The van der Waals surface area contributed by atoms with Crippen LogP contribution in [0, 0.1) is 41.4 Å². The number of tetrazole rings is 1. The number of amides is 11. The molecule has 0 spiro atoms. The van der Waals surface area contributed by atoms with E-state index in [1.807, 2.05) is 55.4 Å². The molecule has 11 amide bonds. The Kier molecular flexibility index (Phi) is 29.5. The Balaban J connectivity index is 1.91. The highest BCUT2D eigenvalue weighted by molar-refractivity contribution is 5.99. The number of carbonyl (C=O) groups excluding carboxylic acids is 11. The first-order valence-corrected chi connectivity index (χ1v) is 33.6. The fourth-order valence-electron chi connectivity index (χ4n) is 12.2. The van der Waals surface area contributed by atoms with Crippen LogP contribution in [0.25, 0.3) is 22.4 Å². The normalized spacial score (nSPS) is 25.1. The molecule has 12 unspecified atom stereocenters. The molecule has 536 valence electrons. The van der Waals surface area contributed by atoms with Crippen LogP contribution in [0.3, 0.4) is 0 Å². The Hall–Kier alpha value is -8.11. The number of benzene rings is 1. The van der Waals surface area contributed by atoms with Gasteiger partial charge in [-0.3, -0.25) is 52.7 Å². The molecule has 29 nitrogen and oxygen atoms in total. The van der Waals surface area contributed by atoms with E-state index in [-0.39, 0.29) is 62.2 Å². The number of likely N-dealkylation sites (N-methyl/N-ethyl adjacent to an activating group) is 7. The Morgan fingerprint density at radius 1 is 0.521 bits per heavy atom. The first kappa shape index (κ1) is 80.3. The van der Waals surface area contributed by atoms with Gasteiger partial charge < -0.3 is 65.7 Å². The number of fused-ring (bicyclic) bond motifs is 1. The molecule has 12 atom stereocenters. The summed E-state index contributed by atoms with van der Waals surface area (Å²) in [6.45, 7) is 27.3. The summed E-state index contributed by atoms with van der Waals surface area (Å²) >= 11 is 0. The number of H-pyrrole nitrogens is 2. The summed E-state index contributed by atoms with van der Waals surface area (Å²) in [5, 5.41) is 37.8. The number of aliphatic hydroxyl groups excluding tert-OH is 1. The van der Waals surface area contributed by atoms with Crippen molar-refractivity contribution in [3.8, 4) is 11.4 Å². The van der Waals surface area contributed by atoms with Gasteiger partial charge in [-0.2, -0.15) is 5.21 Å².